The Bertz CT molecular complexity index is 519. The van der Waals surface area contributed by atoms with Crippen LogP contribution >= 0.6 is 0 Å². The molecule has 0 aliphatic heterocycles. The second-order valence-corrected chi connectivity index (χ2v) is 4.28. The maximum Gasteiger partial charge on any atom is 0.251 e. The molecule has 0 saturated carbocycles. The summed E-state index contributed by atoms with van der Waals surface area (Å²) in [6.45, 7) is 4.79. The molecule has 1 atom stereocenters. The lowest BCUT2D eigenvalue weighted by atomic mass is 10.2. The third kappa shape index (κ3) is 3.34. The summed E-state index contributed by atoms with van der Waals surface area (Å²) in [5.41, 5.74) is 1.65. The number of hydrogen-bond acceptors (Lipinski definition) is 3. The fourth-order valence-corrected chi connectivity index (χ4v) is 1.81. The Hall–Kier alpha value is -2.30. The van der Waals surface area contributed by atoms with Gasteiger partial charge in [-0.2, -0.15) is 0 Å². The average Bonchev–Trinajstić information content (AvgIpc) is 2.94. The number of benzene rings is 1. The van der Waals surface area contributed by atoms with Crippen molar-refractivity contribution in [3.05, 3.63) is 48.0 Å². The normalized spacial score (nSPS) is 11.9. The quantitative estimate of drug-likeness (QED) is 0.771. The Morgan fingerprint density at radius 3 is 2.68 bits per heavy atom. The molecule has 2 rings (SSSR count). The highest BCUT2D eigenvalue weighted by atomic mass is 16.1. The molecule has 1 heterocycles. The third-order valence-corrected chi connectivity index (χ3v) is 2.81. The molecule has 1 aromatic heterocycles. The van der Waals surface area contributed by atoms with Crippen molar-refractivity contribution < 1.29 is 4.79 Å². The zero-order chi connectivity index (χ0) is 13.7. The van der Waals surface area contributed by atoms with Gasteiger partial charge in [0, 0.05) is 30.2 Å². The second kappa shape index (κ2) is 6.04. The summed E-state index contributed by atoms with van der Waals surface area (Å²) in [6, 6.07) is 7.27. The molecule has 0 spiro atoms. The van der Waals surface area contributed by atoms with E-state index in [1.807, 2.05) is 38.1 Å². The molecule has 1 amide bonds. The van der Waals surface area contributed by atoms with Crippen molar-refractivity contribution in [1.82, 2.24) is 15.3 Å². The molecule has 1 aromatic carbocycles. The summed E-state index contributed by atoms with van der Waals surface area (Å²) >= 11 is 0. The van der Waals surface area contributed by atoms with Crippen LogP contribution in [0.5, 0.6) is 0 Å². The fraction of sp³-hybridized carbons (Fsp3) is 0.286. The number of imidazole rings is 1. The first kappa shape index (κ1) is 13.1. The van der Waals surface area contributed by atoms with Crippen LogP contribution in [0.4, 0.5) is 5.69 Å². The molecule has 19 heavy (non-hydrogen) atoms. The fourth-order valence-electron chi connectivity index (χ4n) is 1.81. The third-order valence-electron chi connectivity index (χ3n) is 2.81. The SMILES string of the molecule is CCNc1ccc(C(=O)NC(C)c2ncc[nH]2)cc1. The smallest absolute Gasteiger partial charge is 0.251 e. The Morgan fingerprint density at radius 2 is 2.11 bits per heavy atom. The maximum atomic E-state index is 12.0. The minimum Gasteiger partial charge on any atom is -0.385 e. The average molecular weight is 258 g/mol. The summed E-state index contributed by atoms with van der Waals surface area (Å²) in [6.07, 6.45) is 3.41. The lowest BCUT2D eigenvalue weighted by molar-refractivity contribution is 0.0938. The first-order valence-corrected chi connectivity index (χ1v) is 6.34. The van der Waals surface area contributed by atoms with Crippen LogP contribution in [0.3, 0.4) is 0 Å². The van der Waals surface area contributed by atoms with Crippen LogP contribution < -0.4 is 10.6 Å². The van der Waals surface area contributed by atoms with E-state index >= 15 is 0 Å². The van der Waals surface area contributed by atoms with E-state index in [2.05, 4.69) is 20.6 Å². The lowest BCUT2D eigenvalue weighted by Gasteiger charge is -2.12. The first-order valence-electron chi connectivity index (χ1n) is 6.34. The number of nitrogens with one attached hydrogen (secondary N) is 3. The molecule has 0 fully saturated rings. The number of nitrogens with zero attached hydrogens (tertiary/aromatic N) is 1. The summed E-state index contributed by atoms with van der Waals surface area (Å²) in [5.74, 6) is 0.643. The van der Waals surface area contributed by atoms with Gasteiger partial charge in [-0.3, -0.25) is 4.79 Å². The predicted octanol–water partition coefficient (Wildman–Crippen LogP) is 2.33. The van der Waals surface area contributed by atoms with E-state index < -0.39 is 0 Å². The summed E-state index contributed by atoms with van der Waals surface area (Å²) in [7, 11) is 0. The molecule has 0 aliphatic carbocycles. The van der Waals surface area contributed by atoms with Crippen LogP contribution in [-0.4, -0.2) is 22.4 Å². The van der Waals surface area contributed by atoms with E-state index in [4.69, 9.17) is 0 Å². The summed E-state index contributed by atoms with van der Waals surface area (Å²) in [4.78, 5) is 19.2. The number of H-pyrrole nitrogens is 1. The minimum absolute atomic E-state index is 0.105. The number of carbonyl (C=O) groups is 1. The highest BCUT2D eigenvalue weighted by molar-refractivity contribution is 5.94. The van der Waals surface area contributed by atoms with Gasteiger partial charge in [0.1, 0.15) is 5.82 Å². The summed E-state index contributed by atoms with van der Waals surface area (Å²) in [5, 5.41) is 6.09. The standard InChI is InChI=1S/C14H18N4O/c1-3-15-12-6-4-11(5-7-12)14(19)18-10(2)13-16-8-9-17-13/h4-10,15H,3H2,1-2H3,(H,16,17)(H,18,19). The van der Waals surface area contributed by atoms with E-state index in [9.17, 15) is 4.79 Å². The molecule has 3 N–H and O–H groups in total. The van der Waals surface area contributed by atoms with Gasteiger partial charge in [0.05, 0.1) is 6.04 Å². The van der Waals surface area contributed by atoms with Crippen LogP contribution in [0.25, 0.3) is 0 Å². The van der Waals surface area contributed by atoms with E-state index in [1.54, 1.807) is 12.4 Å². The number of aromatic amines is 1. The van der Waals surface area contributed by atoms with Gasteiger partial charge in [-0.15, -0.1) is 0 Å². The van der Waals surface area contributed by atoms with Crippen molar-refractivity contribution >= 4 is 11.6 Å². The highest BCUT2D eigenvalue weighted by Crippen LogP contribution is 2.11. The topological polar surface area (TPSA) is 69.8 Å². The van der Waals surface area contributed by atoms with Crippen molar-refractivity contribution in [1.29, 1.82) is 0 Å². The molecule has 0 radical (unpaired) electrons. The molecule has 5 heteroatoms. The van der Waals surface area contributed by atoms with E-state index in [-0.39, 0.29) is 11.9 Å². The molecule has 0 saturated heterocycles. The molecule has 0 aliphatic rings. The van der Waals surface area contributed by atoms with E-state index in [0.29, 0.717) is 5.56 Å². The Kier molecular flexibility index (Phi) is 4.18. The van der Waals surface area contributed by atoms with Gasteiger partial charge in [0.2, 0.25) is 0 Å². The zero-order valence-electron chi connectivity index (χ0n) is 11.1. The largest absolute Gasteiger partial charge is 0.385 e. The van der Waals surface area contributed by atoms with Crippen LogP contribution in [0, 0.1) is 0 Å². The molecule has 2 aromatic rings. The predicted molar refractivity (Wildman–Crippen MR) is 75.1 cm³/mol. The summed E-state index contributed by atoms with van der Waals surface area (Å²) < 4.78 is 0. The Balaban J connectivity index is 1.99. The zero-order valence-corrected chi connectivity index (χ0v) is 11.1. The molecule has 1 unspecified atom stereocenters. The van der Waals surface area contributed by atoms with E-state index in [0.717, 1.165) is 18.1 Å². The van der Waals surface area contributed by atoms with Crippen LogP contribution in [0.2, 0.25) is 0 Å². The van der Waals surface area contributed by atoms with Crippen LogP contribution in [0.1, 0.15) is 36.1 Å². The van der Waals surface area contributed by atoms with Gasteiger partial charge in [-0.25, -0.2) is 4.98 Å². The van der Waals surface area contributed by atoms with Gasteiger partial charge >= 0.3 is 0 Å². The number of amides is 1. The number of aromatic nitrogens is 2. The van der Waals surface area contributed by atoms with Crippen molar-refractivity contribution in [3.63, 3.8) is 0 Å². The van der Waals surface area contributed by atoms with Crippen molar-refractivity contribution in [2.45, 2.75) is 19.9 Å². The van der Waals surface area contributed by atoms with Crippen LogP contribution in [0.15, 0.2) is 36.7 Å². The minimum atomic E-state index is -0.143. The second-order valence-electron chi connectivity index (χ2n) is 4.28. The monoisotopic (exact) mass is 258 g/mol. The molecular weight excluding hydrogens is 240 g/mol. The van der Waals surface area contributed by atoms with Gasteiger partial charge in [-0.1, -0.05) is 0 Å². The number of hydrogen-bond donors (Lipinski definition) is 3. The van der Waals surface area contributed by atoms with E-state index in [1.165, 1.54) is 0 Å². The van der Waals surface area contributed by atoms with Gasteiger partial charge in [0.15, 0.2) is 0 Å². The molecule has 5 nitrogen and oxygen atoms in total. The number of rotatable bonds is 5. The van der Waals surface area contributed by atoms with Gasteiger partial charge in [0.25, 0.3) is 5.91 Å². The molecule has 0 bridgehead atoms. The highest BCUT2D eigenvalue weighted by Gasteiger charge is 2.12. The molecular formula is C14H18N4O. The maximum absolute atomic E-state index is 12.0. The van der Waals surface area contributed by atoms with Crippen molar-refractivity contribution in [2.75, 3.05) is 11.9 Å². The van der Waals surface area contributed by atoms with Gasteiger partial charge < -0.3 is 15.6 Å². The Morgan fingerprint density at radius 1 is 1.37 bits per heavy atom. The first-order chi connectivity index (χ1) is 9.20. The Labute approximate surface area is 112 Å². The van der Waals surface area contributed by atoms with Crippen molar-refractivity contribution in [3.8, 4) is 0 Å². The number of anilines is 1. The van der Waals surface area contributed by atoms with Crippen molar-refractivity contribution in [2.24, 2.45) is 0 Å². The van der Waals surface area contributed by atoms with Crippen LogP contribution in [-0.2, 0) is 0 Å². The van der Waals surface area contributed by atoms with Gasteiger partial charge in [-0.05, 0) is 38.1 Å². The number of carbonyl (C=O) groups excluding carboxylic acids is 1. The lowest BCUT2D eigenvalue weighted by Crippen LogP contribution is -2.27. The molecule has 100 valence electrons.